The third-order valence-electron chi connectivity index (χ3n) is 29.2. The van der Waals surface area contributed by atoms with E-state index in [1.165, 1.54) is 707 Å². The van der Waals surface area contributed by atoms with E-state index in [0.717, 1.165) is 6.61 Å². The minimum Gasteiger partial charge on any atom is -0.0654 e. The Morgan fingerprint density at radius 2 is 0.187 bits per heavy atom. The second-order valence-corrected chi connectivity index (χ2v) is 46.9. The summed E-state index contributed by atoms with van der Waals surface area (Å²) in [4.78, 5) is 0. The van der Waals surface area contributed by atoms with Gasteiger partial charge in [0.15, 0.2) is 0 Å². The quantitative estimate of drug-likeness (QED) is 0.0446. The molecule has 0 spiro atoms. The summed E-state index contributed by atoms with van der Waals surface area (Å²) in [5, 5.41) is 0. The second kappa shape index (κ2) is 111. The first kappa shape index (κ1) is 124. The maximum atomic E-state index is 8.70. The minimum absolute atomic E-state index is 1.01. The Kier molecular flexibility index (Phi) is 112. The van der Waals surface area contributed by atoms with Gasteiger partial charge in [-0.05, 0) is 0 Å². The molecule has 0 aromatic heterocycles. The molecule has 0 rings (SSSR count). The van der Waals surface area contributed by atoms with Crippen LogP contribution in [0.25, 0.3) is 0 Å². The van der Waals surface area contributed by atoms with Crippen molar-refractivity contribution in [2.24, 2.45) is 0 Å². The van der Waals surface area contributed by atoms with Crippen LogP contribution in [0.2, 0.25) is 0 Å². The molecule has 740 valence electrons. The van der Waals surface area contributed by atoms with Crippen LogP contribution >= 0.6 is 0 Å². The Morgan fingerprint density at radius 3 is 0.285 bits per heavy atom. The van der Waals surface area contributed by atoms with Crippen LogP contribution in [0, 0.1) is 0 Å². The zero-order valence-electron chi connectivity index (χ0n) is 87.7. The first-order valence-electron chi connectivity index (χ1n) is 60.0. The van der Waals surface area contributed by atoms with E-state index >= 15 is 0 Å². The molecule has 0 N–H and O–H groups in total. The fourth-order valence-corrected chi connectivity index (χ4v) is 28.2. The summed E-state index contributed by atoms with van der Waals surface area (Å²) < 4.78 is 18.8. The predicted molar refractivity (Wildman–Crippen MR) is 561 cm³/mol. The van der Waals surface area contributed by atoms with Crippen molar-refractivity contribution in [3.63, 3.8) is 0 Å². The second-order valence-electron chi connectivity index (χ2n) is 41.7. The molecule has 0 aliphatic carbocycles. The van der Waals surface area contributed by atoms with Gasteiger partial charge >= 0.3 is 521 Å². The van der Waals surface area contributed by atoms with Crippen molar-refractivity contribution in [2.75, 3.05) is 45.9 Å². The van der Waals surface area contributed by atoms with Gasteiger partial charge in [0.1, 0.15) is 0 Å². The molecule has 0 aromatic rings. The van der Waals surface area contributed by atoms with E-state index in [1.807, 2.05) is 0 Å². The van der Waals surface area contributed by atoms with Crippen molar-refractivity contribution < 1.29 is 21.1 Å². The zero-order valence-corrected chi connectivity index (χ0v) is 89.3. The van der Waals surface area contributed by atoms with Crippen molar-refractivity contribution >= 4 is 0 Å². The third kappa shape index (κ3) is 92.8. The maximum absolute atomic E-state index is 8.70. The molecule has 0 saturated carbocycles. The summed E-state index contributed by atoms with van der Waals surface area (Å²) >= 11 is -3.78. The Hall–Kier alpha value is 0.554. The van der Waals surface area contributed by atoms with E-state index in [1.54, 1.807) is 0 Å². The molecule has 0 heterocycles. The molecule has 0 fully saturated rings. The monoisotopic (exact) mass is 1770 g/mol. The third-order valence-corrected chi connectivity index (χ3v) is 36.1. The van der Waals surface area contributed by atoms with Gasteiger partial charge in [-0.3, -0.25) is 0 Å². The van der Waals surface area contributed by atoms with Gasteiger partial charge in [-0.2, -0.15) is 0 Å². The molecular formula is C118H243N3OTi. The molecule has 0 aliphatic heterocycles. The smallest absolute Gasteiger partial charge is 0.0654 e. The van der Waals surface area contributed by atoms with Crippen molar-refractivity contribution in [2.45, 2.75) is 716 Å². The van der Waals surface area contributed by atoms with Crippen molar-refractivity contribution in [1.82, 2.24) is 10.1 Å². The van der Waals surface area contributed by atoms with E-state index in [0.29, 0.717) is 0 Å². The standard InChI is InChI=1S/3C36H74N.C10H21O.Ti/c3*1-3-5-7-9-11-13-15-17-19-21-23-25-27-29-31-33-35-37-36-34-32-30-28-26-24-22-20-18-16-14-12-10-8-6-4-2;1-2-3-4-5-6-7-8-9-10-11;/h3*3-36H2,1-2H3;2-10H2,1H3;/q4*-1;+4. The average molecular weight is 1770 g/mol. The number of unbranched alkanes of at least 4 members (excludes halogenated alkanes) is 97. The van der Waals surface area contributed by atoms with E-state index < -0.39 is 17.7 Å². The van der Waals surface area contributed by atoms with Crippen molar-refractivity contribution in [1.29, 1.82) is 0 Å². The van der Waals surface area contributed by atoms with Gasteiger partial charge in [0, 0.05) is 0 Å². The molecule has 123 heavy (non-hydrogen) atoms. The van der Waals surface area contributed by atoms with Crippen LogP contribution < -0.4 is 0 Å². The molecule has 0 radical (unpaired) electrons. The molecule has 0 unspecified atom stereocenters. The fraction of sp³-hybridized carbons (Fsp3) is 1.00. The van der Waals surface area contributed by atoms with Crippen LogP contribution in [0.4, 0.5) is 0 Å². The molecule has 0 saturated heterocycles. The summed E-state index contributed by atoms with van der Waals surface area (Å²) in [5.41, 5.74) is 0. The van der Waals surface area contributed by atoms with Gasteiger partial charge < -0.3 is 0 Å². The van der Waals surface area contributed by atoms with Crippen molar-refractivity contribution in [3.8, 4) is 0 Å². The van der Waals surface area contributed by atoms with E-state index in [9.17, 15) is 0 Å². The Bertz CT molecular complexity index is 1520. The Morgan fingerprint density at radius 1 is 0.106 bits per heavy atom. The molecule has 5 heteroatoms. The van der Waals surface area contributed by atoms with Gasteiger partial charge in [0.25, 0.3) is 0 Å². The molecule has 0 atom stereocenters. The summed E-state index contributed by atoms with van der Waals surface area (Å²) in [5.74, 6) is 0. The zero-order chi connectivity index (χ0) is 88.4. The normalized spacial score (nSPS) is 12.1. The number of hydrogen-bond donors (Lipinski definition) is 0. The topological polar surface area (TPSA) is 19.0 Å². The number of hydrogen-bond acceptors (Lipinski definition) is 4. The summed E-state index contributed by atoms with van der Waals surface area (Å²) in [6, 6.07) is 0. The predicted octanol–water partition coefficient (Wildman–Crippen LogP) is 43.4. The van der Waals surface area contributed by atoms with Gasteiger partial charge in [0.05, 0.1) is 0 Å². The summed E-state index contributed by atoms with van der Waals surface area (Å²) in [7, 11) is 0. The summed E-state index contributed by atoms with van der Waals surface area (Å²) in [6.07, 6.45) is 150. The van der Waals surface area contributed by atoms with E-state index in [2.05, 4.69) is 58.6 Å². The van der Waals surface area contributed by atoms with Crippen LogP contribution in [0.15, 0.2) is 0 Å². The molecule has 4 nitrogen and oxygen atoms in total. The van der Waals surface area contributed by atoms with Gasteiger partial charge in [-0.1, -0.05) is 273 Å². The Balaban J connectivity index is 7.69. The number of nitrogens with zero attached hydrogens (tertiary/aromatic N) is 3. The van der Waals surface area contributed by atoms with E-state index in [4.69, 9.17) is 3.32 Å². The fourth-order valence-electron chi connectivity index (χ4n) is 20.6. The average Bonchev–Trinajstić information content (AvgIpc) is 0.767. The molecular weight excluding hydrogens is 1520 g/mol. The van der Waals surface area contributed by atoms with E-state index in [-0.39, 0.29) is 0 Å². The van der Waals surface area contributed by atoms with Crippen LogP contribution in [0.1, 0.15) is 716 Å². The van der Waals surface area contributed by atoms with Crippen LogP contribution in [0.3, 0.4) is 0 Å². The van der Waals surface area contributed by atoms with Gasteiger partial charge in [-0.15, -0.1) is 0 Å². The molecule has 0 aliphatic rings. The van der Waals surface area contributed by atoms with Crippen LogP contribution in [0.5, 0.6) is 0 Å². The van der Waals surface area contributed by atoms with Crippen LogP contribution in [-0.2, 0) is 21.1 Å². The molecule has 0 bridgehead atoms. The summed E-state index contributed by atoms with van der Waals surface area (Å²) in [6.45, 7) is 25.3. The van der Waals surface area contributed by atoms with Crippen LogP contribution in [-0.4, -0.2) is 56.0 Å². The number of rotatable bonds is 115. The first-order valence-corrected chi connectivity index (χ1v) is 62.7. The minimum atomic E-state index is -3.78. The van der Waals surface area contributed by atoms with Gasteiger partial charge in [0.2, 0.25) is 0 Å². The molecule has 0 aromatic carbocycles. The van der Waals surface area contributed by atoms with Crippen molar-refractivity contribution in [3.05, 3.63) is 0 Å². The molecule has 0 amide bonds. The first-order chi connectivity index (χ1) is 61.1. The Labute approximate surface area is 787 Å². The van der Waals surface area contributed by atoms with Gasteiger partial charge in [-0.25, -0.2) is 0 Å². The SMILES string of the molecule is CCCCCCCCCCCCCCCCCC[N](CCCCCCCCCCCCCCCCCC)[Ti]([O]CCCCCCCCCC)([N](CCCCCCCCCCCCCCCCCC)CCCCCCCCCCCCCCCCCC)[N](CCCCCCCCCCCCCCCCCC)CCCCCCCCCCCCCCCCCC.